The van der Waals surface area contributed by atoms with Crippen molar-refractivity contribution in [1.29, 1.82) is 0 Å². The van der Waals surface area contributed by atoms with Gasteiger partial charge < -0.3 is 19.7 Å². The molecule has 0 bridgehead atoms. The summed E-state index contributed by atoms with van der Waals surface area (Å²) in [6.45, 7) is 13.5. The van der Waals surface area contributed by atoms with E-state index in [2.05, 4.69) is 25.2 Å². The zero-order chi connectivity index (χ0) is 18.8. The highest BCUT2D eigenvalue weighted by atomic mass is 16.6. The molecule has 2 rings (SSSR count). The summed E-state index contributed by atoms with van der Waals surface area (Å²) in [6, 6.07) is 6.43. The number of piperidine rings is 1. The molecule has 1 aromatic carbocycles. The summed E-state index contributed by atoms with van der Waals surface area (Å²) in [4.78, 5) is 14.2. The van der Waals surface area contributed by atoms with E-state index >= 15 is 0 Å². The molecule has 1 heterocycles. The molecule has 25 heavy (non-hydrogen) atoms. The number of hydrogen-bond acceptors (Lipinski definition) is 4. The first-order chi connectivity index (χ1) is 11.5. The van der Waals surface area contributed by atoms with E-state index in [0.717, 1.165) is 23.4 Å². The maximum atomic E-state index is 12.4. The molecular formula is C20H32N2O3. The van der Waals surface area contributed by atoms with Gasteiger partial charge in [-0.2, -0.15) is 0 Å². The fourth-order valence-electron chi connectivity index (χ4n) is 3.28. The van der Waals surface area contributed by atoms with Gasteiger partial charge in [-0.25, -0.2) is 4.79 Å². The van der Waals surface area contributed by atoms with Gasteiger partial charge in [-0.3, -0.25) is 0 Å². The number of rotatable bonds is 3. The lowest BCUT2D eigenvalue weighted by atomic mass is 9.79. The van der Waals surface area contributed by atoms with E-state index < -0.39 is 5.60 Å². The number of benzene rings is 1. The monoisotopic (exact) mass is 348 g/mol. The Balaban J connectivity index is 2.03. The van der Waals surface area contributed by atoms with Gasteiger partial charge in [0, 0.05) is 30.2 Å². The van der Waals surface area contributed by atoms with Crippen molar-refractivity contribution in [2.75, 3.05) is 25.5 Å². The zero-order valence-electron chi connectivity index (χ0n) is 16.6. The predicted octanol–water partition coefficient (Wildman–Crippen LogP) is 4.45. The Hall–Kier alpha value is -1.91. The van der Waals surface area contributed by atoms with Crippen LogP contribution in [0.1, 0.15) is 46.6 Å². The number of methoxy groups -OCH3 is 1. The maximum absolute atomic E-state index is 12.4. The molecule has 1 aliphatic rings. The van der Waals surface area contributed by atoms with Gasteiger partial charge in [0.1, 0.15) is 11.4 Å². The predicted molar refractivity (Wildman–Crippen MR) is 101 cm³/mol. The van der Waals surface area contributed by atoms with Crippen molar-refractivity contribution in [2.24, 2.45) is 5.41 Å². The number of nitrogens with zero attached hydrogens (tertiary/aromatic N) is 1. The normalized spacial score (nSPS) is 20.1. The van der Waals surface area contributed by atoms with Crippen molar-refractivity contribution < 1.29 is 14.3 Å². The van der Waals surface area contributed by atoms with Crippen LogP contribution in [0.15, 0.2) is 18.2 Å². The number of hydrogen-bond donors (Lipinski definition) is 1. The minimum atomic E-state index is -0.461. The molecule has 140 valence electrons. The van der Waals surface area contributed by atoms with Crippen molar-refractivity contribution in [1.82, 2.24) is 4.90 Å². The smallest absolute Gasteiger partial charge is 0.410 e. The second-order valence-corrected chi connectivity index (χ2v) is 8.56. The SMILES string of the molecule is COc1ccc(NC2CCN(C(=O)OC(C)(C)C)CC2(C)C)cc1C. The molecule has 1 aliphatic heterocycles. The summed E-state index contributed by atoms with van der Waals surface area (Å²) in [5.41, 5.74) is 1.68. The first-order valence-corrected chi connectivity index (χ1v) is 8.91. The Morgan fingerprint density at radius 2 is 2.00 bits per heavy atom. The third kappa shape index (κ3) is 5.03. The molecule has 5 nitrogen and oxygen atoms in total. The van der Waals surface area contributed by atoms with Gasteiger partial charge in [-0.15, -0.1) is 0 Å². The Morgan fingerprint density at radius 1 is 1.32 bits per heavy atom. The Bertz CT molecular complexity index is 620. The first-order valence-electron chi connectivity index (χ1n) is 8.91. The van der Waals surface area contributed by atoms with Crippen molar-refractivity contribution in [3.63, 3.8) is 0 Å². The lowest BCUT2D eigenvalue weighted by Crippen LogP contribution is -2.54. The molecule has 0 spiro atoms. The highest BCUT2D eigenvalue weighted by Crippen LogP contribution is 2.33. The molecule has 1 atom stereocenters. The highest BCUT2D eigenvalue weighted by molar-refractivity contribution is 5.68. The van der Waals surface area contributed by atoms with Crippen LogP contribution in [0.3, 0.4) is 0 Å². The fraction of sp³-hybridized carbons (Fsp3) is 0.650. The quantitative estimate of drug-likeness (QED) is 0.877. The summed E-state index contributed by atoms with van der Waals surface area (Å²) in [5.74, 6) is 0.893. The number of likely N-dealkylation sites (tertiary alicyclic amines) is 1. The molecule has 0 saturated carbocycles. The molecule has 1 amide bonds. The maximum Gasteiger partial charge on any atom is 0.410 e. The number of aryl methyl sites for hydroxylation is 1. The Morgan fingerprint density at radius 3 is 2.52 bits per heavy atom. The van der Waals surface area contributed by atoms with Crippen molar-refractivity contribution in [2.45, 2.75) is 59.6 Å². The van der Waals surface area contributed by atoms with Crippen LogP contribution in [0.2, 0.25) is 0 Å². The van der Waals surface area contributed by atoms with Crippen LogP contribution in [-0.4, -0.2) is 42.8 Å². The summed E-state index contributed by atoms with van der Waals surface area (Å²) in [6.07, 6.45) is 0.663. The number of carbonyl (C=O) groups is 1. The number of amides is 1. The van der Waals surface area contributed by atoms with E-state index in [1.165, 1.54) is 0 Å². The van der Waals surface area contributed by atoms with Gasteiger partial charge in [0.2, 0.25) is 0 Å². The van der Waals surface area contributed by atoms with Crippen LogP contribution in [-0.2, 0) is 4.74 Å². The minimum Gasteiger partial charge on any atom is -0.496 e. The molecule has 1 N–H and O–H groups in total. The van der Waals surface area contributed by atoms with Gasteiger partial charge in [0.05, 0.1) is 7.11 Å². The second kappa shape index (κ2) is 7.14. The summed E-state index contributed by atoms with van der Waals surface area (Å²) < 4.78 is 10.8. The molecule has 1 unspecified atom stereocenters. The molecule has 5 heteroatoms. The molecule has 0 aromatic heterocycles. The van der Waals surface area contributed by atoms with E-state index in [4.69, 9.17) is 9.47 Å². The van der Waals surface area contributed by atoms with Gasteiger partial charge in [-0.1, -0.05) is 13.8 Å². The van der Waals surface area contributed by atoms with Crippen molar-refractivity contribution >= 4 is 11.8 Å². The standard InChI is InChI=1S/C20H32N2O3/c1-14-12-15(8-9-16(14)24-7)21-17-10-11-22(13-20(17,5)6)18(23)25-19(2,3)4/h8-9,12,17,21H,10-11,13H2,1-7H3. The Kier molecular flexibility index (Phi) is 5.55. The fourth-order valence-corrected chi connectivity index (χ4v) is 3.28. The lowest BCUT2D eigenvalue weighted by Gasteiger charge is -2.45. The minimum absolute atomic E-state index is 0.0526. The van der Waals surface area contributed by atoms with Gasteiger partial charge in [-0.05, 0) is 57.9 Å². The van der Waals surface area contributed by atoms with Crippen LogP contribution in [0.4, 0.5) is 10.5 Å². The van der Waals surface area contributed by atoms with E-state index in [9.17, 15) is 4.79 Å². The highest BCUT2D eigenvalue weighted by Gasteiger charge is 2.38. The third-order valence-electron chi connectivity index (χ3n) is 4.62. The topological polar surface area (TPSA) is 50.8 Å². The second-order valence-electron chi connectivity index (χ2n) is 8.56. The number of nitrogens with one attached hydrogen (secondary N) is 1. The van der Waals surface area contributed by atoms with Crippen molar-refractivity contribution in [3.8, 4) is 5.75 Å². The average molecular weight is 348 g/mol. The van der Waals surface area contributed by atoms with Crippen LogP contribution in [0.25, 0.3) is 0 Å². The van der Waals surface area contributed by atoms with E-state index in [0.29, 0.717) is 19.1 Å². The molecule has 1 aromatic rings. The van der Waals surface area contributed by atoms with Crippen LogP contribution in [0.5, 0.6) is 5.75 Å². The summed E-state index contributed by atoms with van der Waals surface area (Å²) in [7, 11) is 1.69. The third-order valence-corrected chi connectivity index (χ3v) is 4.62. The lowest BCUT2D eigenvalue weighted by molar-refractivity contribution is 0.00691. The molecular weight excluding hydrogens is 316 g/mol. The van der Waals surface area contributed by atoms with Crippen LogP contribution < -0.4 is 10.1 Å². The van der Waals surface area contributed by atoms with E-state index in [1.807, 2.05) is 44.7 Å². The molecule has 0 radical (unpaired) electrons. The Labute approximate surface area is 151 Å². The summed E-state index contributed by atoms with van der Waals surface area (Å²) >= 11 is 0. The van der Waals surface area contributed by atoms with Gasteiger partial charge in [0.25, 0.3) is 0 Å². The first kappa shape index (κ1) is 19.4. The van der Waals surface area contributed by atoms with Gasteiger partial charge in [0.15, 0.2) is 0 Å². The summed E-state index contributed by atoms with van der Waals surface area (Å²) in [5, 5.41) is 3.64. The molecule has 1 saturated heterocycles. The molecule has 1 fully saturated rings. The van der Waals surface area contributed by atoms with Gasteiger partial charge >= 0.3 is 6.09 Å². The number of ether oxygens (including phenoxy) is 2. The average Bonchev–Trinajstić information content (AvgIpc) is 2.47. The van der Waals surface area contributed by atoms with Crippen LogP contribution in [0, 0.1) is 12.3 Å². The zero-order valence-corrected chi connectivity index (χ0v) is 16.6. The van der Waals surface area contributed by atoms with E-state index in [-0.39, 0.29) is 11.5 Å². The number of carbonyl (C=O) groups excluding carboxylic acids is 1. The van der Waals surface area contributed by atoms with Crippen molar-refractivity contribution in [3.05, 3.63) is 23.8 Å². The molecule has 0 aliphatic carbocycles. The van der Waals surface area contributed by atoms with E-state index in [1.54, 1.807) is 7.11 Å². The van der Waals surface area contributed by atoms with Crippen LogP contribution >= 0.6 is 0 Å². The number of anilines is 1. The largest absolute Gasteiger partial charge is 0.496 e.